The third-order valence-electron chi connectivity index (χ3n) is 1.30. The molecule has 0 amide bonds. The Morgan fingerprint density at radius 3 is 2.92 bits per heavy atom. The molecule has 0 saturated carbocycles. The standard InChI is InChI=1S/C9H11NO2/c1-7(2)12-9-3-4-10-5-8(9)6-11/h3-7H,1-2H3. The molecule has 1 heterocycles. The molecule has 0 spiro atoms. The first-order chi connectivity index (χ1) is 5.74. The van der Waals surface area contributed by atoms with Crippen molar-refractivity contribution < 1.29 is 9.53 Å². The summed E-state index contributed by atoms with van der Waals surface area (Å²) in [6.45, 7) is 3.82. The molecule has 0 aromatic carbocycles. The minimum Gasteiger partial charge on any atom is -0.490 e. The van der Waals surface area contributed by atoms with Gasteiger partial charge in [-0.25, -0.2) is 0 Å². The molecule has 0 radical (unpaired) electrons. The average molecular weight is 165 g/mol. The van der Waals surface area contributed by atoms with E-state index in [0.717, 1.165) is 6.29 Å². The molecule has 12 heavy (non-hydrogen) atoms. The minimum atomic E-state index is 0.0751. The van der Waals surface area contributed by atoms with Crippen molar-refractivity contribution in [3.8, 4) is 5.75 Å². The summed E-state index contributed by atoms with van der Waals surface area (Å²) in [4.78, 5) is 14.3. The van der Waals surface area contributed by atoms with Crippen LogP contribution in [0.4, 0.5) is 0 Å². The van der Waals surface area contributed by atoms with E-state index in [-0.39, 0.29) is 6.10 Å². The van der Waals surface area contributed by atoms with Crippen molar-refractivity contribution in [3.05, 3.63) is 24.0 Å². The van der Waals surface area contributed by atoms with Gasteiger partial charge in [0.1, 0.15) is 5.75 Å². The van der Waals surface area contributed by atoms with Crippen molar-refractivity contribution in [1.29, 1.82) is 0 Å². The predicted octanol–water partition coefficient (Wildman–Crippen LogP) is 1.68. The number of rotatable bonds is 3. The van der Waals surface area contributed by atoms with Gasteiger partial charge < -0.3 is 4.74 Å². The van der Waals surface area contributed by atoms with Crippen LogP contribution in [0, 0.1) is 0 Å². The Kier molecular flexibility index (Phi) is 2.80. The highest BCUT2D eigenvalue weighted by molar-refractivity contribution is 5.78. The summed E-state index contributed by atoms with van der Waals surface area (Å²) in [7, 11) is 0. The first kappa shape index (κ1) is 8.71. The van der Waals surface area contributed by atoms with Crippen molar-refractivity contribution in [2.24, 2.45) is 0 Å². The summed E-state index contributed by atoms with van der Waals surface area (Å²) in [5.41, 5.74) is 0.492. The number of aromatic nitrogens is 1. The lowest BCUT2D eigenvalue weighted by Gasteiger charge is -2.10. The molecule has 0 N–H and O–H groups in total. The first-order valence-corrected chi connectivity index (χ1v) is 3.80. The lowest BCUT2D eigenvalue weighted by molar-refractivity contribution is 0.111. The third-order valence-corrected chi connectivity index (χ3v) is 1.30. The van der Waals surface area contributed by atoms with Gasteiger partial charge in [-0.1, -0.05) is 0 Å². The monoisotopic (exact) mass is 165 g/mol. The van der Waals surface area contributed by atoms with Gasteiger partial charge in [0, 0.05) is 12.4 Å². The number of pyridine rings is 1. The van der Waals surface area contributed by atoms with Gasteiger partial charge >= 0.3 is 0 Å². The van der Waals surface area contributed by atoms with Crippen LogP contribution in [0.25, 0.3) is 0 Å². The van der Waals surface area contributed by atoms with E-state index in [1.54, 1.807) is 12.3 Å². The van der Waals surface area contributed by atoms with Gasteiger partial charge in [0.15, 0.2) is 6.29 Å². The molecule has 0 aliphatic heterocycles. The lowest BCUT2D eigenvalue weighted by Crippen LogP contribution is -2.07. The summed E-state index contributed by atoms with van der Waals surface area (Å²) < 4.78 is 5.36. The highest BCUT2D eigenvalue weighted by atomic mass is 16.5. The van der Waals surface area contributed by atoms with Gasteiger partial charge in [0.05, 0.1) is 11.7 Å². The maximum atomic E-state index is 10.5. The molecule has 0 unspecified atom stereocenters. The zero-order valence-corrected chi connectivity index (χ0v) is 7.15. The molecule has 64 valence electrons. The van der Waals surface area contributed by atoms with Crippen LogP contribution < -0.4 is 4.74 Å². The smallest absolute Gasteiger partial charge is 0.155 e. The van der Waals surface area contributed by atoms with Crippen LogP contribution in [-0.2, 0) is 0 Å². The zero-order chi connectivity index (χ0) is 8.97. The van der Waals surface area contributed by atoms with Crippen LogP contribution in [0.2, 0.25) is 0 Å². The number of carbonyl (C=O) groups excluding carboxylic acids is 1. The Morgan fingerprint density at radius 2 is 2.33 bits per heavy atom. The predicted molar refractivity (Wildman–Crippen MR) is 45.4 cm³/mol. The SMILES string of the molecule is CC(C)Oc1ccncc1C=O. The van der Waals surface area contributed by atoms with E-state index in [2.05, 4.69) is 4.98 Å². The van der Waals surface area contributed by atoms with Crippen molar-refractivity contribution in [1.82, 2.24) is 4.98 Å². The molecule has 1 aromatic rings. The van der Waals surface area contributed by atoms with Crippen LogP contribution in [-0.4, -0.2) is 17.4 Å². The maximum absolute atomic E-state index is 10.5. The second-order valence-corrected chi connectivity index (χ2v) is 2.70. The van der Waals surface area contributed by atoms with Gasteiger partial charge in [0.2, 0.25) is 0 Å². The van der Waals surface area contributed by atoms with Crippen molar-refractivity contribution in [3.63, 3.8) is 0 Å². The topological polar surface area (TPSA) is 39.2 Å². The molecule has 0 aliphatic carbocycles. The highest BCUT2D eigenvalue weighted by Gasteiger charge is 2.03. The number of carbonyl (C=O) groups is 1. The second kappa shape index (κ2) is 3.85. The third kappa shape index (κ3) is 2.05. The molecule has 0 bridgehead atoms. The summed E-state index contributed by atoms with van der Waals surface area (Å²) >= 11 is 0. The number of hydrogen-bond acceptors (Lipinski definition) is 3. The molecule has 1 aromatic heterocycles. The molecule has 0 saturated heterocycles. The molecular weight excluding hydrogens is 154 g/mol. The number of hydrogen-bond donors (Lipinski definition) is 0. The lowest BCUT2D eigenvalue weighted by atomic mass is 10.3. The van der Waals surface area contributed by atoms with E-state index in [1.807, 2.05) is 13.8 Å². The fourth-order valence-electron chi connectivity index (χ4n) is 0.844. The van der Waals surface area contributed by atoms with Crippen LogP contribution in [0.3, 0.4) is 0 Å². The van der Waals surface area contributed by atoms with Crippen LogP contribution >= 0.6 is 0 Å². The molecule has 1 rings (SSSR count). The summed E-state index contributed by atoms with van der Waals surface area (Å²) in [5, 5.41) is 0. The Morgan fingerprint density at radius 1 is 1.58 bits per heavy atom. The Labute approximate surface area is 71.4 Å². The van der Waals surface area contributed by atoms with Crippen LogP contribution in [0.1, 0.15) is 24.2 Å². The summed E-state index contributed by atoms with van der Waals surface area (Å²) in [6.07, 6.45) is 3.91. The summed E-state index contributed by atoms with van der Waals surface area (Å²) in [5.74, 6) is 0.593. The summed E-state index contributed by atoms with van der Waals surface area (Å²) in [6, 6.07) is 1.68. The minimum absolute atomic E-state index is 0.0751. The van der Waals surface area contributed by atoms with E-state index >= 15 is 0 Å². The van der Waals surface area contributed by atoms with Gasteiger partial charge in [-0.3, -0.25) is 9.78 Å². The fourth-order valence-corrected chi connectivity index (χ4v) is 0.844. The van der Waals surface area contributed by atoms with Gasteiger partial charge in [0.25, 0.3) is 0 Å². The molecule has 3 heteroatoms. The van der Waals surface area contributed by atoms with E-state index < -0.39 is 0 Å². The normalized spacial score (nSPS) is 9.92. The zero-order valence-electron chi connectivity index (χ0n) is 7.15. The van der Waals surface area contributed by atoms with Gasteiger partial charge in [-0.05, 0) is 19.9 Å². The van der Waals surface area contributed by atoms with E-state index in [4.69, 9.17) is 4.74 Å². The quantitative estimate of drug-likeness (QED) is 0.639. The fraction of sp³-hybridized carbons (Fsp3) is 0.333. The van der Waals surface area contributed by atoms with E-state index in [9.17, 15) is 4.79 Å². The number of nitrogens with zero attached hydrogens (tertiary/aromatic N) is 1. The Hall–Kier alpha value is -1.38. The largest absolute Gasteiger partial charge is 0.490 e. The van der Waals surface area contributed by atoms with Gasteiger partial charge in [-0.15, -0.1) is 0 Å². The highest BCUT2D eigenvalue weighted by Crippen LogP contribution is 2.15. The van der Waals surface area contributed by atoms with Crippen molar-refractivity contribution in [2.75, 3.05) is 0 Å². The van der Waals surface area contributed by atoms with Crippen molar-refractivity contribution >= 4 is 6.29 Å². The molecule has 0 atom stereocenters. The van der Waals surface area contributed by atoms with E-state index in [1.165, 1.54) is 6.20 Å². The molecule has 3 nitrogen and oxygen atoms in total. The van der Waals surface area contributed by atoms with Crippen LogP contribution in [0.5, 0.6) is 5.75 Å². The number of aldehydes is 1. The second-order valence-electron chi connectivity index (χ2n) is 2.70. The molecular formula is C9H11NO2. The number of ether oxygens (including phenoxy) is 1. The first-order valence-electron chi connectivity index (χ1n) is 3.80. The van der Waals surface area contributed by atoms with Crippen molar-refractivity contribution in [2.45, 2.75) is 20.0 Å². The average Bonchev–Trinajstić information content (AvgIpc) is 2.04. The molecule has 0 aliphatic rings. The Balaban J connectivity index is 2.89. The maximum Gasteiger partial charge on any atom is 0.155 e. The van der Waals surface area contributed by atoms with E-state index in [0.29, 0.717) is 11.3 Å². The Bertz CT molecular complexity index is 271. The van der Waals surface area contributed by atoms with Gasteiger partial charge in [-0.2, -0.15) is 0 Å². The molecule has 0 fully saturated rings. The van der Waals surface area contributed by atoms with Crippen LogP contribution in [0.15, 0.2) is 18.5 Å².